The van der Waals surface area contributed by atoms with Crippen LogP contribution in [0, 0.1) is 19.7 Å². The number of rotatable bonds is 5. The lowest BCUT2D eigenvalue weighted by molar-refractivity contribution is -0.137. The molecule has 1 unspecified atom stereocenters. The molecule has 3 aromatic carbocycles. The lowest BCUT2D eigenvalue weighted by Crippen LogP contribution is -2.44. The van der Waals surface area contributed by atoms with Gasteiger partial charge in [-0.15, -0.1) is 0 Å². The topological polar surface area (TPSA) is 37.4 Å². The number of hydrogen-bond donors (Lipinski definition) is 0. The highest BCUT2D eigenvalue weighted by Gasteiger charge is 2.36. The van der Waals surface area contributed by atoms with Crippen molar-refractivity contribution in [3.63, 3.8) is 0 Å². The van der Waals surface area contributed by atoms with Gasteiger partial charge in [0.15, 0.2) is 0 Å². The number of sulfonamides is 1. The fourth-order valence-corrected chi connectivity index (χ4v) is 6.13. The Balaban J connectivity index is 1.68. The summed E-state index contributed by atoms with van der Waals surface area (Å²) in [4.78, 5) is 0.165. The molecule has 1 aliphatic rings. The van der Waals surface area contributed by atoms with Gasteiger partial charge < -0.3 is 0 Å². The highest BCUT2D eigenvalue weighted by atomic mass is 32.2. The third-order valence-electron chi connectivity index (χ3n) is 6.26. The second-order valence-corrected chi connectivity index (χ2v) is 10.6. The van der Waals surface area contributed by atoms with Crippen molar-refractivity contribution < 1.29 is 26.0 Å². The van der Waals surface area contributed by atoms with Gasteiger partial charge >= 0.3 is 6.18 Å². The Kier molecular flexibility index (Phi) is 6.46. The molecule has 0 aromatic heterocycles. The van der Waals surface area contributed by atoms with Gasteiger partial charge in [-0.1, -0.05) is 35.9 Å². The number of alkyl halides is 3. The standard InChI is InChI=1S/C26H25F4NO2S/c1-17-4-13-23(14-5-17)34(32,33)31-22(12-9-20-6-3-18(2)15-25(20)31)11-8-19-7-10-21(16-24(19)27)26(28,29)30/h3-7,10,13-16,22H,8-9,11-12H2,1-2H3. The molecule has 4 rings (SSSR count). The minimum atomic E-state index is -4.62. The van der Waals surface area contributed by atoms with Crippen molar-refractivity contribution >= 4 is 15.7 Å². The zero-order valence-corrected chi connectivity index (χ0v) is 19.7. The lowest BCUT2D eigenvalue weighted by atomic mass is 9.93. The first-order chi connectivity index (χ1) is 16.0. The predicted molar refractivity (Wildman–Crippen MR) is 124 cm³/mol. The summed E-state index contributed by atoms with van der Waals surface area (Å²) in [5.74, 6) is -0.935. The van der Waals surface area contributed by atoms with Gasteiger partial charge in [0.25, 0.3) is 10.0 Å². The van der Waals surface area contributed by atoms with Crippen molar-refractivity contribution in [1.29, 1.82) is 0 Å². The molecule has 0 aliphatic carbocycles. The summed E-state index contributed by atoms with van der Waals surface area (Å²) in [5.41, 5.74) is 2.46. The Morgan fingerprint density at radius 3 is 2.26 bits per heavy atom. The van der Waals surface area contributed by atoms with E-state index in [9.17, 15) is 26.0 Å². The molecule has 1 aliphatic heterocycles. The van der Waals surface area contributed by atoms with Crippen LogP contribution in [0.5, 0.6) is 0 Å². The van der Waals surface area contributed by atoms with Crippen LogP contribution in [0.1, 0.15) is 40.7 Å². The number of aryl methyl sites for hydroxylation is 4. The molecular weight excluding hydrogens is 466 g/mol. The lowest BCUT2D eigenvalue weighted by Gasteiger charge is -2.38. The summed E-state index contributed by atoms with van der Waals surface area (Å²) in [6.07, 6.45) is -3.03. The smallest absolute Gasteiger partial charge is 0.263 e. The van der Waals surface area contributed by atoms with Gasteiger partial charge in [0, 0.05) is 6.04 Å². The first kappa shape index (κ1) is 24.3. The predicted octanol–water partition coefficient (Wildman–Crippen LogP) is 6.60. The highest BCUT2D eigenvalue weighted by molar-refractivity contribution is 7.92. The van der Waals surface area contributed by atoms with Gasteiger partial charge in [-0.2, -0.15) is 13.2 Å². The Morgan fingerprint density at radius 2 is 1.62 bits per heavy atom. The quantitative estimate of drug-likeness (QED) is 0.377. The zero-order chi connectivity index (χ0) is 24.7. The van der Waals surface area contributed by atoms with Crippen LogP contribution >= 0.6 is 0 Å². The maximum atomic E-state index is 14.4. The number of benzene rings is 3. The van der Waals surface area contributed by atoms with E-state index in [1.54, 1.807) is 24.3 Å². The summed E-state index contributed by atoms with van der Waals surface area (Å²) in [5, 5.41) is 0. The van der Waals surface area contributed by atoms with Crippen molar-refractivity contribution in [3.8, 4) is 0 Å². The summed E-state index contributed by atoms with van der Waals surface area (Å²) in [6, 6.07) is 14.4. The maximum absolute atomic E-state index is 14.4. The van der Waals surface area contributed by atoms with Crippen LogP contribution in [0.4, 0.5) is 23.2 Å². The van der Waals surface area contributed by atoms with Gasteiger partial charge in [-0.3, -0.25) is 4.31 Å². The van der Waals surface area contributed by atoms with E-state index in [1.807, 2.05) is 32.0 Å². The fourth-order valence-electron chi connectivity index (χ4n) is 4.39. The molecule has 0 bridgehead atoms. The van der Waals surface area contributed by atoms with E-state index in [-0.39, 0.29) is 23.3 Å². The van der Waals surface area contributed by atoms with Crippen LogP contribution < -0.4 is 4.31 Å². The normalized spacial score (nSPS) is 16.4. The number of hydrogen-bond acceptors (Lipinski definition) is 2. The summed E-state index contributed by atoms with van der Waals surface area (Å²) in [6.45, 7) is 3.76. The molecular formula is C26H25F4NO2S. The van der Waals surface area contributed by atoms with Crippen molar-refractivity contribution in [2.24, 2.45) is 0 Å². The third kappa shape index (κ3) is 4.82. The molecule has 3 nitrogen and oxygen atoms in total. The van der Waals surface area contributed by atoms with E-state index in [2.05, 4.69) is 0 Å². The Bertz CT molecular complexity index is 1300. The summed E-state index contributed by atoms with van der Waals surface area (Å²) < 4.78 is 82.0. The first-order valence-corrected chi connectivity index (χ1v) is 12.5. The van der Waals surface area contributed by atoms with E-state index in [4.69, 9.17) is 0 Å². The number of nitrogens with zero attached hydrogens (tertiary/aromatic N) is 1. The van der Waals surface area contributed by atoms with Gasteiger partial charge in [-0.25, -0.2) is 12.8 Å². The van der Waals surface area contributed by atoms with E-state index >= 15 is 0 Å². The van der Waals surface area contributed by atoms with E-state index in [1.165, 1.54) is 4.31 Å². The summed E-state index contributed by atoms with van der Waals surface area (Å²) >= 11 is 0. The van der Waals surface area contributed by atoms with Gasteiger partial charge in [0.1, 0.15) is 5.82 Å². The molecule has 8 heteroatoms. The number of halogens is 4. The molecule has 1 heterocycles. The van der Waals surface area contributed by atoms with Crippen molar-refractivity contribution in [2.45, 2.75) is 56.6 Å². The highest BCUT2D eigenvalue weighted by Crippen LogP contribution is 2.38. The number of anilines is 1. The molecule has 0 radical (unpaired) electrons. The molecule has 1 atom stereocenters. The fraction of sp³-hybridized carbons (Fsp3) is 0.308. The largest absolute Gasteiger partial charge is 0.416 e. The average Bonchev–Trinajstić information content (AvgIpc) is 2.77. The molecule has 0 saturated carbocycles. The van der Waals surface area contributed by atoms with Crippen molar-refractivity contribution in [1.82, 2.24) is 0 Å². The molecule has 0 saturated heterocycles. The monoisotopic (exact) mass is 491 g/mol. The van der Waals surface area contributed by atoms with Gasteiger partial charge in [0.05, 0.1) is 16.1 Å². The molecule has 0 N–H and O–H groups in total. The Hall–Kier alpha value is -2.87. The number of fused-ring (bicyclic) bond motifs is 1. The molecule has 34 heavy (non-hydrogen) atoms. The van der Waals surface area contributed by atoms with Gasteiger partial charge in [-0.05, 0) is 86.6 Å². The Morgan fingerprint density at radius 1 is 0.941 bits per heavy atom. The molecule has 0 amide bonds. The van der Waals surface area contributed by atoms with Crippen LogP contribution in [0.2, 0.25) is 0 Å². The van der Waals surface area contributed by atoms with Crippen LogP contribution in [-0.4, -0.2) is 14.5 Å². The minimum absolute atomic E-state index is 0.121. The van der Waals surface area contributed by atoms with E-state index < -0.39 is 33.6 Å². The van der Waals surface area contributed by atoms with Crippen molar-refractivity contribution in [3.05, 3.63) is 94.3 Å². The van der Waals surface area contributed by atoms with Crippen LogP contribution in [0.25, 0.3) is 0 Å². The molecule has 0 spiro atoms. The Labute approximate surface area is 197 Å². The van der Waals surface area contributed by atoms with Crippen LogP contribution in [0.3, 0.4) is 0 Å². The second kappa shape index (κ2) is 9.06. The molecule has 180 valence electrons. The second-order valence-electron chi connectivity index (χ2n) is 8.78. The van der Waals surface area contributed by atoms with E-state index in [0.29, 0.717) is 24.6 Å². The summed E-state index contributed by atoms with van der Waals surface area (Å²) in [7, 11) is -3.91. The molecule has 3 aromatic rings. The third-order valence-corrected chi connectivity index (χ3v) is 8.14. The first-order valence-electron chi connectivity index (χ1n) is 11.0. The average molecular weight is 492 g/mol. The van der Waals surface area contributed by atoms with Crippen LogP contribution in [-0.2, 0) is 29.0 Å². The van der Waals surface area contributed by atoms with E-state index in [0.717, 1.165) is 28.8 Å². The van der Waals surface area contributed by atoms with Crippen LogP contribution in [0.15, 0.2) is 65.6 Å². The zero-order valence-electron chi connectivity index (χ0n) is 18.9. The van der Waals surface area contributed by atoms with Gasteiger partial charge in [0.2, 0.25) is 0 Å². The molecule has 0 fully saturated rings. The SMILES string of the molecule is Cc1ccc(S(=O)(=O)N2c3cc(C)ccc3CCC2CCc2ccc(C(F)(F)F)cc2F)cc1. The maximum Gasteiger partial charge on any atom is 0.416 e. The minimum Gasteiger partial charge on any atom is -0.263 e. The van der Waals surface area contributed by atoms with Crippen molar-refractivity contribution in [2.75, 3.05) is 4.31 Å².